The molecule has 0 amide bonds. The second-order valence-corrected chi connectivity index (χ2v) is 6.83. The van der Waals surface area contributed by atoms with Crippen molar-refractivity contribution in [1.82, 2.24) is 14.8 Å². The fourth-order valence-corrected chi connectivity index (χ4v) is 3.50. The molecule has 0 bridgehead atoms. The van der Waals surface area contributed by atoms with Gasteiger partial charge in [0.1, 0.15) is 4.60 Å². The second-order valence-electron chi connectivity index (χ2n) is 3.87. The molecular weight excluding hydrogens is 294 g/mol. The highest BCUT2D eigenvalue weighted by Gasteiger charge is 2.36. The van der Waals surface area contributed by atoms with Gasteiger partial charge in [0, 0.05) is 5.39 Å². The van der Waals surface area contributed by atoms with Crippen molar-refractivity contribution >= 4 is 36.8 Å². The van der Waals surface area contributed by atoms with Crippen LogP contribution in [0.25, 0.3) is 11.0 Å². The highest BCUT2D eigenvalue weighted by atomic mass is 79.9. The number of rotatable bonds is 1. The number of sulfone groups is 1. The van der Waals surface area contributed by atoms with Crippen LogP contribution >= 0.6 is 15.9 Å². The summed E-state index contributed by atoms with van der Waals surface area (Å²) < 4.78 is 24.7. The molecule has 0 aromatic carbocycles. The summed E-state index contributed by atoms with van der Waals surface area (Å²) in [6, 6.07) is 3.68. The van der Waals surface area contributed by atoms with Gasteiger partial charge in [-0.25, -0.2) is 18.1 Å². The molecule has 2 aromatic rings. The van der Waals surface area contributed by atoms with E-state index in [9.17, 15) is 8.42 Å². The first kappa shape index (κ1) is 10.2. The van der Waals surface area contributed by atoms with Crippen LogP contribution in [-0.4, -0.2) is 34.7 Å². The third kappa shape index (κ3) is 1.54. The maximum Gasteiger partial charge on any atom is 0.159 e. The van der Waals surface area contributed by atoms with Crippen LogP contribution in [0, 0.1) is 0 Å². The maximum atomic E-state index is 11.1. The molecule has 1 aliphatic rings. The van der Waals surface area contributed by atoms with Crippen molar-refractivity contribution in [1.29, 1.82) is 0 Å². The molecule has 0 N–H and O–H groups in total. The fourth-order valence-electron chi connectivity index (χ4n) is 1.85. The van der Waals surface area contributed by atoms with Gasteiger partial charge in [0.05, 0.1) is 23.7 Å². The van der Waals surface area contributed by atoms with E-state index in [0.29, 0.717) is 0 Å². The molecule has 1 aliphatic heterocycles. The Hall–Kier alpha value is -0.950. The average molecular weight is 302 g/mol. The fraction of sp³-hybridized carbons (Fsp3) is 0.333. The van der Waals surface area contributed by atoms with Crippen LogP contribution < -0.4 is 0 Å². The van der Waals surface area contributed by atoms with Crippen LogP contribution in [0.2, 0.25) is 0 Å². The van der Waals surface area contributed by atoms with E-state index in [2.05, 4.69) is 26.0 Å². The molecule has 7 heteroatoms. The average Bonchev–Trinajstić information content (AvgIpc) is 2.56. The standard InChI is InChI=1S/C9H8BrN3O2S/c10-8-2-1-6-3-11-13(9(6)12-8)7-4-16(14,15)5-7/h1-3,7H,4-5H2. The van der Waals surface area contributed by atoms with Crippen molar-refractivity contribution in [3.63, 3.8) is 0 Å². The molecule has 84 valence electrons. The van der Waals surface area contributed by atoms with Gasteiger partial charge in [-0.15, -0.1) is 0 Å². The number of nitrogens with zero attached hydrogens (tertiary/aromatic N) is 3. The van der Waals surface area contributed by atoms with E-state index in [4.69, 9.17) is 0 Å². The van der Waals surface area contributed by atoms with E-state index >= 15 is 0 Å². The molecule has 0 spiro atoms. The molecule has 0 radical (unpaired) electrons. The van der Waals surface area contributed by atoms with Crippen molar-refractivity contribution in [3.05, 3.63) is 22.9 Å². The number of fused-ring (bicyclic) bond motifs is 1. The van der Waals surface area contributed by atoms with E-state index in [0.717, 1.165) is 15.6 Å². The Balaban J connectivity index is 2.08. The molecule has 0 saturated carbocycles. The van der Waals surface area contributed by atoms with E-state index in [1.165, 1.54) is 0 Å². The Bertz CT molecular complexity index is 652. The lowest BCUT2D eigenvalue weighted by molar-refractivity contribution is 0.482. The van der Waals surface area contributed by atoms with Gasteiger partial charge in [-0.3, -0.25) is 0 Å². The maximum absolute atomic E-state index is 11.1. The summed E-state index contributed by atoms with van der Waals surface area (Å²) in [6.07, 6.45) is 1.71. The number of pyridine rings is 1. The summed E-state index contributed by atoms with van der Waals surface area (Å²) in [4.78, 5) is 4.31. The van der Waals surface area contributed by atoms with Crippen LogP contribution in [0.1, 0.15) is 6.04 Å². The lowest BCUT2D eigenvalue weighted by atomic mass is 10.3. The van der Waals surface area contributed by atoms with Crippen LogP contribution in [-0.2, 0) is 9.84 Å². The van der Waals surface area contributed by atoms with Gasteiger partial charge in [0.25, 0.3) is 0 Å². The summed E-state index contributed by atoms with van der Waals surface area (Å²) in [5.41, 5.74) is 0.731. The monoisotopic (exact) mass is 301 g/mol. The van der Waals surface area contributed by atoms with Crippen LogP contribution in [0.3, 0.4) is 0 Å². The van der Waals surface area contributed by atoms with Gasteiger partial charge in [-0.05, 0) is 28.1 Å². The zero-order valence-electron chi connectivity index (χ0n) is 8.17. The number of hydrogen-bond donors (Lipinski definition) is 0. The van der Waals surface area contributed by atoms with Gasteiger partial charge in [-0.2, -0.15) is 5.10 Å². The minimum Gasteiger partial charge on any atom is -0.242 e. The molecule has 2 aromatic heterocycles. The molecule has 3 rings (SSSR count). The van der Waals surface area contributed by atoms with E-state index in [-0.39, 0.29) is 17.5 Å². The smallest absolute Gasteiger partial charge is 0.159 e. The Kier molecular flexibility index (Phi) is 2.09. The van der Waals surface area contributed by atoms with Gasteiger partial charge < -0.3 is 0 Å². The third-order valence-corrected chi connectivity index (χ3v) is 4.88. The lowest BCUT2D eigenvalue weighted by Crippen LogP contribution is -2.38. The predicted molar refractivity (Wildman–Crippen MR) is 62.9 cm³/mol. The molecule has 3 heterocycles. The molecule has 0 unspecified atom stereocenters. The Labute approximate surface area is 101 Å². The number of halogens is 1. The third-order valence-electron chi connectivity index (χ3n) is 2.65. The van der Waals surface area contributed by atoms with Crippen molar-refractivity contribution in [3.8, 4) is 0 Å². The highest BCUT2D eigenvalue weighted by Crippen LogP contribution is 2.26. The van der Waals surface area contributed by atoms with Crippen molar-refractivity contribution in [2.24, 2.45) is 0 Å². The van der Waals surface area contributed by atoms with Crippen molar-refractivity contribution in [2.75, 3.05) is 11.5 Å². The Morgan fingerprint density at radius 3 is 2.81 bits per heavy atom. The molecule has 0 aliphatic carbocycles. The summed E-state index contributed by atoms with van der Waals surface area (Å²) in [5, 5.41) is 5.12. The second kappa shape index (κ2) is 3.27. The zero-order chi connectivity index (χ0) is 11.3. The van der Waals surface area contributed by atoms with Crippen molar-refractivity contribution < 1.29 is 8.42 Å². The highest BCUT2D eigenvalue weighted by molar-refractivity contribution is 9.10. The van der Waals surface area contributed by atoms with E-state index < -0.39 is 9.84 Å². The molecule has 0 atom stereocenters. The van der Waals surface area contributed by atoms with Gasteiger partial charge in [0.2, 0.25) is 0 Å². The van der Waals surface area contributed by atoms with Crippen LogP contribution in [0.5, 0.6) is 0 Å². The van der Waals surface area contributed by atoms with Gasteiger partial charge in [0.15, 0.2) is 15.5 Å². The van der Waals surface area contributed by atoms with Crippen molar-refractivity contribution in [2.45, 2.75) is 6.04 Å². The molecule has 1 saturated heterocycles. The summed E-state index contributed by atoms with van der Waals surface area (Å²) >= 11 is 3.29. The molecule has 16 heavy (non-hydrogen) atoms. The topological polar surface area (TPSA) is 64.8 Å². The minimum absolute atomic E-state index is 0.0655. The summed E-state index contributed by atoms with van der Waals surface area (Å²) in [7, 11) is -2.84. The van der Waals surface area contributed by atoms with Gasteiger partial charge in [-0.1, -0.05) is 0 Å². The first-order valence-electron chi connectivity index (χ1n) is 4.75. The SMILES string of the molecule is O=S1(=O)CC(n2ncc3ccc(Br)nc32)C1. The minimum atomic E-state index is -2.84. The Morgan fingerprint density at radius 2 is 2.12 bits per heavy atom. The Morgan fingerprint density at radius 1 is 1.38 bits per heavy atom. The van der Waals surface area contributed by atoms with E-state index in [1.54, 1.807) is 10.9 Å². The summed E-state index contributed by atoms with van der Waals surface area (Å²) in [6.45, 7) is 0. The quantitative estimate of drug-likeness (QED) is 0.742. The molecule has 5 nitrogen and oxygen atoms in total. The number of hydrogen-bond acceptors (Lipinski definition) is 4. The molecular formula is C9H8BrN3O2S. The van der Waals surface area contributed by atoms with Crippen LogP contribution in [0.15, 0.2) is 22.9 Å². The zero-order valence-corrected chi connectivity index (χ0v) is 10.6. The van der Waals surface area contributed by atoms with Crippen LogP contribution in [0.4, 0.5) is 0 Å². The summed E-state index contributed by atoms with van der Waals surface area (Å²) in [5.74, 6) is 0.329. The van der Waals surface area contributed by atoms with E-state index in [1.807, 2.05) is 12.1 Å². The lowest BCUT2D eigenvalue weighted by Gasteiger charge is -2.26. The normalized spacial score (nSPS) is 19.8. The number of aromatic nitrogens is 3. The van der Waals surface area contributed by atoms with Gasteiger partial charge >= 0.3 is 0 Å². The largest absolute Gasteiger partial charge is 0.242 e. The first-order valence-corrected chi connectivity index (χ1v) is 7.37. The predicted octanol–water partition coefficient (Wildman–Crippen LogP) is 1.16. The molecule has 1 fully saturated rings. The first-order chi connectivity index (χ1) is 7.55.